The molecule has 1 aromatic heterocycles. The molecule has 0 spiro atoms. The van der Waals surface area contributed by atoms with Crippen molar-refractivity contribution in [1.82, 2.24) is 10.3 Å². The Morgan fingerprint density at radius 1 is 1.03 bits per heavy atom. The summed E-state index contributed by atoms with van der Waals surface area (Å²) in [5.41, 5.74) is 4.84. The molecule has 0 aliphatic carbocycles. The summed E-state index contributed by atoms with van der Waals surface area (Å²) in [4.78, 5) is 15.7. The number of fused-ring (bicyclic) bond motifs is 1. The number of hydrogen-bond donors (Lipinski definition) is 3. The zero-order valence-electron chi connectivity index (χ0n) is 16.1. The Bertz CT molecular complexity index is 1130. The topological polar surface area (TPSA) is 56.9 Å². The summed E-state index contributed by atoms with van der Waals surface area (Å²) in [5, 5.41) is 6.91. The lowest BCUT2D eigenvalue weighted by Gasteiger charge is -2.18. The fourth-order valence-electron chi connectivity index (χ4n) is 3.58. The average Bonchev–Trinajstić information content (AvgIpc) is 3.13. The van der Waals surface area contributed by atoms with Crippen LogP contribution in [0, 0.1) is 12.7 Å². The number of aromatic amines is 1. The van der Waals surface area contributed by atoms with Crippen LogP contribution in [-0.4, -0.2) is 17.6 Å². The lowest BCUT2D eigenvalue weighted by Crippen LogP contribution is -2.32. The third-order valence-corrected chi connectivity index (χ3v) is 5.01. The Morgan fingerprint density at radius 2 is 1.83 bits per heavy atom. The number of aryl methyl sites for hydroxylation is 1. The van der Waals surface area contributed by atoms with Gasteiger partial charge in [0.15, 0.2) is 0 Å². The van der Waals surface area contributed by atoms with Crippen LogP contribution < -0.4 is 10.6 Å². The van der Waals surface area contributed by atoms with Gasteiger partial charge in [-0.25, -0.2) is 9.18 Å². The number of H-pyrrole nitrogens is 1. The van der Waals surface area contributed by atoms with Crippen LogP contribution >= 0.6 is 0 Å². The van der Waals surface area contributed by atoms with E-state index >= 15 is 0 Å². The van der Waals surface area contributed by atoms with E-state index in [2.05, 4.69) is 15.6 Å². The first-order chi connectivity index (χ1) is 14.1. The molecular weight excluding hydrogens is 365 g/mol. The van der Waals surface area contributed by atoms with Crippen molar-refractivity contribution in [1.29, 1.82) is 0 Å². The van der Waals surface area contributed by atoms with Crippen molar-refractivity contribution < 1.29 is 9.18 Å². The lowest BCUT2D eigenvalue weighted by molar-refractivity contribution is 0.252. The summed E-state index contributed by atoms with van der Waals surface area (Å²) >= 11 is 0. The van der Waals surface area contributed by atoms with Crippen molar-refractivity contribution in [3.8, 4) is 0 Å². The van der Waals surface area contributed by atoms with Gasteiger partial charge in [-0.1, -0.05) is 42.5 Å². The molecule has 0 bridgehead atoms. The van der Waals surface area contributed by atoms with E-state index in [0.717, 1.165) is 33.3 Å². The maximum atomic E-state index is 13.4. The largest absolute Gasteiger partial charge is 0.361 e. The molecule has 146 valence electrons. The first-order valence-electron chi connectivity index (χ1n) is 9.53. The van der Waals surface area contributed by atoms with Gasteiger partial charge in [0, 0.05) is 35.2 Å². The summed E-state index contributed by atoms with van der Waals surface area (Å²) in [6.07, 6.45) is 1.96. The van der Waals surface area contributed by atoms with E-state index in [-0.39, 0.29) is 17.8 Å². The van der Waals surface area contributed by atoms with Gasteiger partial charge in [-0.2, -0.15) is 0 Å². The molecule has 1 heterocycles. The van der Waals surface area contributed by atoms with Crippen molar-refractivity contribution in [2.24, 2.45) is 0 Å². The van der Waals surface area contributed by atoms with Gasteiger partial charge >= 0.3 is 6.03 Å². The van der Waals surface area contributed by atoms with Crippen molar-refractivity contribution >= 4 is 22.6 Å². The Hall–Kier alpha value is -3.60. The first kappa shape index (κ1) is 18.7. The van der Waals surface area contributed by atoms with Crippen LogP contribution in [0.4, 0.5) is 14.9 Å². The number of amides is 2. The summed E-state index contributed by atoms with van der Waals surface area (Å²) in [7, 11) is 0. The second kappa shape index (κ2) is 8.19. The standard InChI is InChI=1S/C24H22FN3O/c1-16-5-4-6-19(13-16)28-24(29)27-14-21(17-9-11-18(25)12-10-17)22-15-26-23-8-3-2-7-20(22)23/h2-13,15,21,26H,14H2,1H3,(H2,27,28,29)/t21-/m0/s1. The van der Waals surface area contributed by atoms with Crippen LogP contribution in [-0.2, 0) is 0 Å². The highest BCUT2D eigenvalue weighted by atomic mass is 19.1. The number of para-hydroxylation sites is 1. The van der Waals surface area contributed by atoms with Crippen molar-refractivity contribution in [2.45, 2.75) is 12.8 Å². The van der Waals surface area contributed by atoms with Gasteiger partial charge in [0.25, 0.3) is 0 Å². The minimum atomic E-state index is -0.281. The molecule has 3 N–H and O–H groups in total. The Balaban J connectivity index is 1.57. The summed E-state index contributed by atoms with van der Waals surface area (Å²) in [6, 6.07) is 21.8. The second-order valence-electron chi connectivity index (χ2n) is 7.10. The number of hydrogen-bond acceptors (Lipinski definition) is 1. The van der Waals surface area contributed by atoms with Crippen LogP contribution in [0.15, 0.2) is 79.0 Å². The molecular formula is C24H22FN3O. The fourth-order valence-corrected chi connectivity index (χ4v) is 3.58. The second-order valence-corrected chi connectivity index (χ2v) is 7.10. The summed E-state index contributed by atoms with van der Waals surface area (Å²) < 4.78 is 13.4. The number of aromatic nitrogens is 1. The van der Waals surface area contributed by atoms with Crippen molar-refractivity contribution in [3.05, 3.63) is 102 Å². The molecule has 0 fully saturated rings. The van der Waals surface area contributed by atoms with Gasteiger partial charge in [-0.05, 0) is 53.9 Å². The smallest absolute Gasteiger partial charge is 0.319 e. The quantitative estimate of drug-likeness (QED) is 0.412. The first-order valence-corrected chi connectivity index (χ1v) is 9.53. The number of nitrogens with one attached hydrogen (secondary N) is 3. The zero-order chi connectivity index (χ0) is 20.2. The molecule has 0 aliphatic rings. The van der Waals surface area contributed by atoms with E-state index in [0.29, 0.717) is 6.54 Å². The molecule has 5 heteroatoms. The summed E-state index contributed by atoms with van der Waals surface area (Å²) in [5.74, 6) is -0.397. The minimum Gasteiger partial charge on any atom is -0.361 e. The van der Waals surface area contributed by atoms with Crippen molar-refractivity contribution in [2.75, 3.05) is 11.9 Å². The number of carbonyl (C=O) groups excluding carboxylic acids is 1. The number of urea groups is 1. The maximum Gasteiger partial charge on any atom is 0.319 e. The van der Waals surface area contributed by atoms with E-state index in [4.69, 9.17) is 0 Å². The van der Waals surface area contributed by atoms with Gasteiger partial charge in [0.1, 0.15) is 5.82 Å². The van der Waals surface area contributed by atoms with E-state index in [1.807, 2.05) is 61.7 Å². The van der Waals surface area contributed by atoms with E-state index in [9.17, 15) is 9.18 Å². The van der Waals surface area contributed by atoms with Gasteiger partial charge in [-0.3, -0.25) is 0 Å². The molecule has 0 radical (unpaired) electrons. The SMILES string of the molecule is Cc1cccc(NC(=O)NC[C@@H](c2ccc(F)cc2)c2c[nH]c3ccccc23)c1. The monoisotopic (exact) mass is 387 g/mol. The highest BCUT2D eigenvalue weighted by Gasteiger charge is 2.19. The number of halogens is 1. The molecule has 0 aliphatic heterocycles. The predicted octanol–water partition coefficient (Wildman–Crippen LogP) is 5.57. The normalized spacial score (nSPS) is 11.9. The predicted molar refractivity (Wildman–Crippen MR) is 115 cm³/mol. The average molecular weight is 387 g/mol. The number of carbonyl (C=O) groups is 1. The van der Waals surface area contributed by atoms with Crippen LogP contribution in [0.1, 0.15) is 22.6 Å². The Kier molecular flexibility index (Phi) is 5.29. The van der Waals surface area contributed by atoms with E-state index < -0.39 is 0 Å². The minimum absolute atomic E-state index is 0.116. The number of anilines is 1. The molecule has 2 amide bonds. The Morgan fingerprint density at radius 3 is 2.62 bits per heavy atom. The third kappa shape index (κ3) is 4.29. The van der Waals surface area contributed by atoms with E-state index in [1.165, 1.54) is 12.1 Å². The molecule has 3 aromatic carbocycles. The summed E-state index contributed by atoms with van der Waals surface area (Å²) in [6.45, 7) is 2.36. The highest BCUT2D eigenvalue weighted by Crippen LogP contribution is 2.30. The van der Waals surface area contributed by atoms with Gasteiger partial charge in [0.2, 0.25) is 0 Å². The molecule has 1 atom stereocenters. The third-order valence-electron chi connectivity index (χ3n) is 5.01. The molecule has 0 unspecified atom stereocenters. The van der Waals surface area contributed by atoms with Gasteiger partial charge in [0.05, 0.1) is 0 Å². The van der Waals surface area contributed by atoms with Crippen LogP contribution in [0.25, 0.3) is 10.9 Å². The van der Waals surface area contributed by atoms with Crippen LogP contribution in [0.3, 0.4) is 0 Å². The molecule has 0 saturated heterocycles. The fraction of sp³-hybridized carbons (Fsp3) is 0.125. The molecule has 4 aromatic rings. The Labute approximate surface area is 168 Å². The number of benzene rings is 3. The maximum absolute atomic E-state index is 13.4. The zero-order valence-corrected chi connectivity index (χ0v) is 16.1. The molecule has 0 saturated carbocycles. The highest BCUT2D eigenvalue weighted by molar-refractivity contribution is 5.89. The lowest BCUT2D eigenvalue weighted by atomic mass is 9.91. The van der Waals surface area contributed by atoms with E-state index in [1.54, 1.807) is 12.1 Å². The van der Waals surface area contributed by atoms with Crippen LogP contribution in [0.5, 0.6) is 0 Å². The molecule has 4 nitrogen and oxygen atoms in total. The molecule has 29 heavy (non-hydrogen) atoms. The van der Waals surface area contributed by atoms with Gasteiger partial charge < -0.3 is 15.6 Å². The van der Waals surface area contributed by atoms with Gasteiger partial charge in [-0.15, -0.1) is 0 Å². The number of rotatable bonds is 5. The van der Waals surface area contributed by atoms with Crippen molar-refractivity contribution in [3.63, 3.8) is 0 Å². The van der Waals surface area contributed by atoms with Crippen LogP contribution in [0.2, 0.25) is 0 Å². The molecule has 4 rings (SSSR count).